The van der Waals surface area contributed by atoms with Crippen molar-refractivity contribution in [2.75, 3.05) is 18.2 Å². The normalized spacial score (nSPS) is 12.4. The molecular formula is C18H21ClN2O4S. The van der Waals surface area contributed by atoms with Crippen LogP contribution in [0.2, 0.25) is 5.02 Å². The first-order valence-electron chi connectivity index (χ1n) is 8.02. The minimum atomic E-state index is -3.49. The fraction of sp³-hybridized carbons (Fsp3) is 0.278. The van der Waals surface area contributed by atoms with Crippen LogP contribution in [0.1, 0.15) is 24.9 Å². The quantitative estimate of drug-likeness (QED) is 0.716. The first kappa shape index (κ1) is 20.2. The fourth-order valence-corrected chi connectivity index (χ4v) is 3.24. The summed E-state index contributed by atoms with van der Waals surface area (Å²) in [5.74, 6) is 0.397. The van der Waals surface area contributed by atoms with Crippen molar-refractivity contribution in [2.45, 2.75) is 19.4 Å². The van der Waals surface area contributed by atoms with Gasteiger partial charge in [-0.25, -0.2) is 13.1 Å². The molecule has 1 amide bonds. The highest BCUT2D eigenvalue weighted by Crippen LogP contribution is 2.22. The molecule has 2 N–H and O–H groups in total. The minimum Gasteiger partial charge on any atom is -0.494 e. The molecule has 0 radical (unpaired) electrons. The molecule has 0 aromatic heterocycles. The lowest BCUT2D eigenvalue weighted by atomic mass is 10.0. The molecule has 0 saturated carbocycles. The fourth-order valence-electron chi connectivity index (χ4n) is 2.38. The van der Waals surface area contributed by atoms with E-state index in [0.29, 0.717) is 28.6 Å². The molecule has 140 valence electrons. The SMILES string of the molecule is CCOc1ccc(NC(=O)C[C@H](NS(C)(=O)=O)c2ccc(Cl)cc2)cc1. The topological polar surface area (TPSA) is 84.5 Å². The largest absolute Gasteiger partial charge is 0.494 e. The van der Waals surface area contributed by atoms with Crippen molar-refractivity contribution < 1.29 is 17.9 Å². The second-order valence-electron chi connectivity index (χ2n) is 5.70. The van der Waals surface area contributed by atoms with E-state index in [2.05, 4.69) is 10.0 Å². The number of carbonyl (C=O) groups excluding carboxylic acids is 1. The van der Waals surface area contributed by atoms with Crippen molar-refractivity contribution in [2.24, 2.45) is 0 Å². The van der Waals surface area contributed by atoms with Crippen molar-refractivity contribution in [1.29, 1.82) is 0 Å². The van der Waals surface area contributed by atoms with E-state index in [4.69, 9.17) is 16.3 Å². The van der Waals surface area contributed by atoms with Crippen LogP contribution in [0.15, 0.2) is 48.5 Å². The van der Waals surface area contributed by atoms with Crippen molar-refractivity contribution in [3.05, 3.63) is 59.1 Å². The molecule has 1 atom stereocenters. The number of amides is 1. The molecule has 0 spiro atoms. The first-order chi connectivity index (χ1) is 12.3. The van der Waals surface area contributed by atoms with Crippen LogP contribution in [0.4, 0.5) is 5.69 Å². The zero-order valence-electron chi connectivity index (χ0n) is 14.5. The number of ether oxygens (including phenoxy) is 1. The number of carbonyl (C=O) groups is 1. The number of nitrogens with one attached hydrogen (secondary N) is 2. The van der Waals surface area contributed by atoms with E-state index in [1.165, 1.54) is 0 Å². The summed E-state index contributed by atoms with van der Waals surface area (Å²) in [7, 11) is -3.49. The van der Waals surface area contributed by atoms with E-state index in [-0.39, 0.29) is 12.3 Å². The Morgan fingerprint density at radius 2 is 1.73 bits per heavy atom. The number of benzene rings is 2. The molecule has 2 aromatic carbocycles. The number of hydrogen-bond acceptors (Lipinski definition) is 4. The van der Waals surface area contributed by atoms with Gasteiger partial charge >= 0.3 is 0 Å². The van der Waals surface area contributed by atoms with Crippen LogP contribution < -0.4 is 14.8 Å². The molecule has 0 heterocycles. The van der Waals surface area contributed by atoms with Gasteiger partial charge in [-0.1, -0.05) is 23.7 Å². The number of halogens is 1. The molecule has 0 aliphatic carbocycles. The third-order valence-electron chi connectivity index (χ3n) is 3.47. The molecule has 6 nitrogen and oxygen atoms in total. The van der Waals surface area contributed by atoms with Crippen molar-refractivity contribution >= 4 is 33.2 Å². The monoisotopic (exact) mass is 396 g/mol. The predicted molar refractivity (Wildman–Crippen MR) is 103 cm³/mol. The first-order valence-corrected chi connectivity index (χ1v) is 10.3. The van der Waals surface area contributed by atoms with E-state index in [9.17, 15) is 13.2 Å². The zero-order chi connectivity index (χ0) is 19.2. The van der Waals surface area contributed by atoms with Gasteiger partial charge in [0.05, 0.1) is 18.9 Å². The van der Waals surface area contributed by atoms with E-state index < -0.39 is 16.1 Å². The Hall–Kier alpha value is -2.09. The number of sulfonamides is 1. The Bertz CT molecular complexity index is 836. The predicted octanol–water partition coefficient (Wildman–Crippen LogP) is 3.36. The van der Waals surface area contributed by atoms with Crippen molar-refractivity contribution in [1.82, 2.24) is 4.72 Å². The van der Waals surface area contributed by atoms with Gasteiger partial charge in [0.2, 0.25) is 15.9 Å². The lowest BCUT2D eigenvalue weighted by molar-refractivity contribution is -0.116. The number of anilines is 1. The average molecular weight is 397 g/mol. The Balaban J connectivity index is 2.08. The van der Waals surface area contributed by atoms with Gasteiger partial charge in [0.15, 0.2) is 0 Å². The highest BCUT2D eigenvalue weighted by atomic mass is 35.5. The molecule has 8 heteroatoms. The standard InChI is InChI=1S/C18H21ClN2O4S/c1-3-25-16-10-8-15(9-11-16)20-18(22)12-17(21-26(2,23)24)13-4-6-14(19)7-5-13/h4-11,17,21H,3,12H2,1-2H3,(H,20,22)/t17-/m0/s1. The molecule has 26 heavy (non-hydrogen) atoms. The van der Waals surface area contributed by atoms with Gasteiger partial charge in [0, 0.05) is 17.1 Å². The maximum absolute atomic E-state index is 12.4. The summed E-state index contributed by atoms with van der Waals surface area (Å²) >= 11 is 5.87. The zero-order valence-corrected chi connectivity index (χ0v) is 16.1. The second kappa shape index (κ2) is 9.02. The number of hydrogen-bond donors (Lipinski definition) is 2. The molecule has 0 bridgehead atoms. The van der Waals surface area contributed by atoms with E-state index >= 15 is 0 Å². The lowest BCUT2D eigenvalue weighted by Crippen LogP contribution is -2.30. The highest BCUT2D eigenvalue weighted by molar-refractivity contribution is 7.88. The average Bonchev–Trinajstić information content (AvgIpc) is 2.56. The van der Waals surface area contributed by atoms with Gasteiger partial charge in [-0.3, -0.25) is 4.79 Å². The van der Waals surface area contributed by atoms with Crippen molar-refractivity contribution in [3.63, 3.8) is 0 Å². The van der Waals surface area contributed by atoms with E-state index in [1.807, 2.05) is 6.92 Å². The van der Waals surface area contributed by atoms with Gasteiger partial charge < -0.3 is 10.1 Å². The Kier molecular flexibility index (Phi) is 7.02. The molecule has 2 aromatic rings. The summed E-state index contributed by atoms with van der Waals surface area (Å²) in [4.78, 5) is 12.4. The van der Waals surface area contributed by atoms with E-state index in [1.54, 1.807) is 48.5 Å². The number of rotatable bonds is 8. The van der Waals surface area contributed by atoms with Crippen LogP contribution >= 0.6 is 11.6 Å². The maximum Gasteiger partial charge on any atom is 0.226 e. The summed E-state index contributed by atoms with van der Waals surface area (Å²) in [6, 6.07) is 13.0. The molecule has 2 rings (SSSR count). The Labute approximate surface area is 158 Å². The summed E-state index contributed by atoms with van der Waals surface area (Å²) < 4.78 is 31.1. The third kappa shape index (κ3) is 6.67. The molecule has 0 aliphatic rings. The summed E-state index contributed by atoms with van der Waals surface area (Å²) in [6.45, 7) is 2.45. The summed E-state index contributed by atoms with van der Waals surface area (Å²) in [5.41, 5.74) is 1.26. The van der Waals surface area contributed by atoms with Crippen LogP contribution in [0.3, 0.4) is 0 Å². The van der Waals surface area contributed by atoms with Crippen LogP contribution in [0.5, 0.6) is 5.75 Å². The molecule has 0 fully saturated rings. The molecule has 0 saturated heterocycles. The molecule has 0 unspecified atom stereocenters. The minimum absolute atomic E-state index is 0.0537. The lowest BCUT2D eigenvalue weighted by Gasteiger charge is -2.18. The maximum atomic E-state index is 12.4. The van der Waals surface area contributed by atoms with Gasteiger partial charge in [-0.2, -0.15) is 0 Å². The van der Waals surface area contributed by atoms with Crippen LogP contribution in [0.25, 0.3) is 0 Å². The van der Waals surface area contributed by atoms with Crippen LogP contribution in [0, 0.1) is 0 Å². The van der Waals surface area contributed by atoms with Crippen LogP contribution in [-0.4, -0.2) is 27.2 Å². The van der Waals surface area contributed by atoms with E-state index in [0.717, 1.165) is 6.26 Å². The van der Waals surface area contributed by atoms with Gasteiger partial charge in [0.25, 0.3) is 0 Å². The van der Waals surface area contributed by atoms with Crippen LogP contribution in [-0.2, 0) is 14.8 Å². The molecular weight excluding hydrogens is 376 g/mol. The Morgan fingerprint density at radius 1 is 1.12 bits per heavy atom. The molecule has 0 aliphatic heterocycles. The summed E-state index contributed by atoms with van der Waals surface area (Å²) in [5, 5.41) is 3.29. The van der Waals surface area contributed by atoms with Gasteiger partial charge in [-0.15, -0.1) is 0 Å². The van der Waals surface area contributed by atoms with Gasteiger partial charge in [-0.05, 0) is 48.9 Å². The Morgan fingerprint density at radius 3 is 2.27 bits per heavy atom. The van der Waals surface area contributed by atoms with Crippen molar-refractivity contribution in [3.8, 4) is 5.75 Å². The van der Waals surface area contributed by atoms with Gasteiger partial charge in [0.1, 0.15) is 5.75 Å². The smallest absolute Gasteiger partial charge is 0.226 e. The third-order valence-corrected chi connectivity index (χ3v) is 4.43. The second-order valence-corrected chi connectivity index (χ2v) is 7.92. The summed E-state index contributed by atoms with van der Waals surface area (Å²) in [6.07, 6.45) is 1.00. The highest BCUT2D eigenvalue weighted by Gasteiger charge is 2.20.